The van der Waals surface area contributed by atoms with Crippen LogP contribution < -0.4 is 0 Å². The maximum absolute atomic E-state index is 12.2. The van der Waals surface area contributed by atoms with E-state index in [0.717, 1.165) is 0 Å². The number of hydrogen-bond acceptors (Lipinski definition) is 6. The van der Waals surface area contributed by atoms with Gasteiger partial charge in [0.1, 0.15) is 11.4 Å². The molecule has 2 aliphatic heterocycles. The molecule has 0 unspecified atom stereocenters. The van der Waals surface area contributed by atoms with Crippen molar-refractivity contribution < 1.29 is 28.7 Å². The van der Waals surface area contributed by atoms with Gasteiger partial charge < -0.3 is 9.47 Å². The zero-order chi connectivity index (χ0) is 16.0. The van der Waals surface area contributed by atoms with Gasteiger partial charge in [-0.1, -0.05) is 0 Å². The van der Waals surface area contributed by atoms with E-state index in [1.165, 1.54) is 6.92 Å². The van der Waals surface area contributed by atoms with Gasteiger partial charge in [0, 0.05) is 18.8 Å². The second-order valence-corrected chi connectivity index (χ2v) is 6.83. The minimum atomic E-state index is -1.52. The van der Waals surface area contributed by atoms with Gasteiger partial charge in [0.25, 0.3) is 0 Å². The third-order valence-corrected chi connectivity index (χ3v) is 3.92. The molecule has 0 aromatic heterocycles. The molecule has 1 aliphatic carbocycles. The minimum absolute atomic E-state index is 0.0358. The van der Waals surface area contributed by atoms with Crippen LogP contribution in [0.1, 0.15) is 47.0 Å². The van der Waals surface area contributed by atoms with Crippen molar-refractivity contribution in [3.63, 3.8) is 0 Å². The van der Waals surface area contributed by atoms with E-state index in [1.807, 2.05) is 0 Å². The molecule has 6 heteroatoms. The smallest absolute Gasteiger partial charge is 0.311 e. The molecule has 0 spiro atoms. The second-order valence-electron chi connectivity index (χ2n) is 6.83. The van der Waals surface area contributed by atoms with Crippen molar-refractivity contribution in [1.82, 2.24) is 0 Å². The monoisotopic (exact) mass is 296 g/mol. The molecule has 6 nitrogen and oxygen atoms in total. The van der Waals surface area contributed by atoms with Gasteiger partial charge in [-0.15, -0.1) is 0 Å². The summed E-state index contributed by atoms with van der Waals surface area (Å²) < 4.78 is 10.4. The Morgan fingerprint density at radius 1 is 1.33 bits per heavy atom. The summed E-state index contributed by atoms with van der Waals surface area (Å²) in [4.78, 5) is 47.8. The Labute approximate surface area is 123 Å². The van der Waals surface area contributed by atoms with Gasteiger partial charge in [0.05, 0.1) is 12.3 Å². The van der Waals surface area contributed by atoms with Crippen LogP contribution in [-0.2, 0) is 28.7 Å². The Bertz CT molecular complexity index is 515. The van der Waals surface area contributed by atoms with Gasteiger partial charge in [0.15, 0.2) is 11.4 Å². The van der Waals surface area contributed by atoms with Crippen LogP contribution in [0.5, 0.6) is 0 Å². The predicted octanol–water partition coefficient (Wildman–Crippen LogP) is 1.20. The molecule has 0 aromatic carbocycles. The zero-order valence-corrected chi connectivity index (χ0v) is 12.7. The van der Waals surface area contributed by atoms with Gasteiger partial charge >= 0.3 is 11.9 Å². The van der Waals surface area contributed by atoms with E-state index in [9.17, 15) is 19.2 Å². The maximum Gasteiger partial charge on any atom is 0.311 e. The number of ketones is 2. The van der Waals surface area contributed by atoms with E-state index in [1.54, 1.807) is 20.8 Å². The molecule has 21 heavy (non-hydrogen) atoms. The summed E-state index contributed by atoms with van der Waals surface area (Å²) in [5, 5.41) is 0. The van der Waals surface area contributed by atoms with Crippen LogP contribution in [0, 0.1) is 11.8 Å². The van der Waals surface area contributed by atoms with Crippen molar-refractivity contribution in [3.8, 4) is 0 Å². The largest absolute Gasteiger partial charge is 0.460 e. The first-order chi connectivity index (χ1) is 9.54. The lowest BCUT2D eigenvalue weighted by Crippen LogP contribution is -2.60. The van der Waals surface area contributed by atoms with Crippen molar-refractivity contribution in [2.24, 2.45) is 11.8 Å². The van der Waals surface area contributed by atoms with Crippen LogP contribution in [0.25, 0.3) is 0 Å². The molecule has 3 atom stereocenters. The van der Waals surface area contributed by atoms with E-state index < -0.39 is 35.0 Å². The van der Waals surface area contributed by atoms with Gasteiger partial charge in [-0.05, 0) is 27.7 Å². The summed E-state index contributed by atoms with van der Waals surface area (Å²) >= 11 is 0. The molecule has 3 rings (SSSR count). The highest BCUT2D eigenvalue weighted by Gasteiger charge is 2.60. The topological polar surface area (TPSA) is 86.7 Å². The minimum Gasteiger partial charge on any atom is -0.460 e. The highest BCUT2D eigenvalue weighted by Crippen LogP contribution is 2.45. The fourth-order valence-corrected chi connectivity index (χ4v) is 3.00. The lowest BCUT2D eigenvalue weighted by Gasteiger charge is -2.46. The number of rotatable bonds is 3. The Balaban J connectivity index is 2.22. The van der Waals surface area contributed by atoms with Crippen molar-refractivity contribution in [2.75, 3.05) is 0 Å². The molecule has 0 amide bonds. The molecule has 2 bridgehead atoms. The van der Waals surface area contributed by atoms with E-state index in [-0.39, 0.29) is 30.8 Å². The molecule has 0 radical (unpaired) electrons. The van der Waals surface area contributed by atoms with E-state index >= 15 is 0 Å². The SMILES string of the molecule is CC(=O)[C@H]1C[C@]2(CC(=O)OC(C)(C)C)OC(=O)[C@H]1CC2=O. The van der Waals surface area contributed by atoms with Crippen LogP contribution in [0.15, 0.2) is 0 Å². The van der Waals surface area contributed by atoms with Gasteiger partial charge in [0.2, 0.25) is 0 Å². The van der Waals surface area contributed by atoms with E-state index in [2.05, 4.69) is 0 Å². The summed E-state index contributed by atoms with van der Waals surface area (Å²) in [5.74, 6) is -2.87. The molecule has 2 saturated heterocycles. The Hall–Kier alpha value is -1.72. The molecule has 3 fully saturated rings. The highest BCUT2D eigenvalue weighted by molar-refractivity contribution is 6.02. The Morgan fingerprint density at radius 2 is 1.95 bits per heavy atom. The first-order valence-electron chi connectivity index (χ1n) is 7.02. The first-order valence-corrected chi connectivity index (χ1v) is 7.02. The quantitative estimate of drug-likeness (QED) is 0.727. The lowest BCUT2D eigenvalue weighted by molar-refractivity contribution is -0.203. The van der Waals surface area contributed by atoms with Crippen LogP contribution in [0.2, 0.25) is 0 Å². The van der Waals surface area contributed by atoms with Gasteiger partial charge in [-0.25, -0.2) is 0 Å². The normalized spacial score (nSPS) is 31.8. The number of hydrogen-bond donors (Lipinski definition) is 0. The standard InChI is InChI=1S/C15H20O6/c1-8(16)10-6-15(7-12(18)20-14(2,3)4)11(17)5-9(10)13(19)21-15/h9-10H,5-7H2,1-4H3/t9-,10+,15+/m0/s1. The van der Waals surface area contributed by atoms with Crippen molar-refractivity contribution in [2.45, 2.75) is 58.2 Å². The number of carbonyl (C=O) groups excluding carboxylic acids is 4. The summed E-state index contributed by atoms with van der Waals surface area (Å²) in [7, 11) is 0. The molecule has 0 N–H and O–H groups in total. The summed E-state index contributed by atoms with van der Waals surface area (Å²) in [6, 6.07) is 0. The van der Waals surface area contributed by atoms with Crippen molar-refractivity contribution in [3.05, 3.63) is 0 Å². The Kier molecular flexibility index (Phi) is 3.68. The third-order valence-electron chi connectivity index (χ3n) is 3.92. The molecule has 3 aliphatic rings. The predicted molar refractivity (Wildman–Crippen MR) is 71.2 cm³/mol. The van der Waals surface area contributed by atoms with Crippen LogP contribution >= 0.6 is 0 Å². The summed E-state index contributed by atoms with van der Waals surface area (Å²) in [6.45, 7) is 6.54. The average molecular weight is 296 g/mol. The second kappa shape index (κ2) is 4.93. The number of esters is 2. The van der Waals surface area contributed by atoms with Crippen LogP contribution in [0.3, 0.4) is 0 Å². The van der Waals surface area contributed by atoms with Gasteiger partial charge in [-0.3, -0.25) is 19.2 Å². The number of ether oxygens (including phenoxy) is 2. The fraction of sp³-hybridized carbons (Fsp3) is 0.733. The fourth-order valence-electron chi connectivity index (χ4n) is 3.00. The zero-order valence-electron chi connectivity index (χ0n) is 12.7. The molecular formula is C15H20O6. The molecule has 2 heterocycles. The highest BCUT2D eigenvalue weighted by atomic mass is 16.6. The molecule has 116 valence electrons. The van der Waals surface area contributed by atoms with E-state index in [0.29, 0.717) is 0 Å². The Morgan fingerprint density at radius 3 is 2.48 bits per heavy atom. The van der Waals surface area contributed by atoms with E-state index in [4.69, 9.17) is 9.47 Å². The molecule has 1 saturated carbocycles. The van der Waals surface area contributed by atoms with Crippen molar-refractivity contribution >= 4 is 23.5 Å². The first kappa shape index (κ1) is 15.7. The van der Waals surface area contributed by atoms with Gasteiger partial charge in [-0.2, -0.15) is 0 Å². The number of fused-ring (bicyclic) bond motifs is 3. The maximum atomic E-state index is 12.2. The summed E-state index contributed by atoms with van der Waals surface area (Å²) in [6.07, 6.45) is -0.284. The summed E-state index contributed by atoms with van der Waals surface area (Å²) in [5.41, 5.74) is -2.21. The van der Waals surface area contributed by atoms with Crippen molar-refractivity contribution in [1.29, 1.82) is 0 Å². The number of carbonyl (C=O) groups is 4. The average Bonchev–Trinajstić information content (AvgIpc) is 2.27. The third kappa shape index (κ3) is 2.99. The molecule has 0 aromatic rings. The number of Topliss-reactive ketones (excluding diaryl/α,β-unsaturated/α-hetero) is 2. The molecular weight excluding hydrogens is 276 g/mol. The van der Waals surface area contributed by atoms with Crippen LogP contribution in [0.4, 0.5) is 0 Å². The lowest BCUT2D eigenvalue weighted by atomic mass is 9.65. The van der Waals surface area contributed by atoms with Crippen LogP contribution in [-0.4, -0.2) is 34.7 Å².